The lowest BCUT2D eigenvalue weighted by Gasteiger charge is -2.03. The van der Waals surface area contributed by atoms with Crippen molar-refractivity contribution in [3.63, 3.8) is 0 Å². The minimum Gasteiger partial charge on any atom is -0.468 e. The summed E-state index contributed by atoms with van der Waals surface area (Å²) in [5.74, 6) is -0.271. The van der Waals surface area contributed by atoms with Gasteiger partial charge in [0.15, 0.2) is 0 Å². The topological polar surface area (TPSA) is 31.2 Å². The maximum atomic E-state index is 11.1. The Morgan fingerprint density at radius 1 is 1.47 bits per heavy atom. The summed E-state index contributed by atoms with van der Waals surface area (Å²) in [6.45, 7) is 0.209. The molecule has 78 valence electrons. The number of halogens is 1. The fourth-order valence-electron chi connectivity index (χ4n) is 1.50. The Hall–Kier alpha value is -1.48. The molecular formula is C11H10ClNO2. The van der Waals surface area contributed by atoms with Gasteiger partial charge in [0.05, 0.1) is 12.6 Å². The van der Waals surface area contributed by atoms with Crippen LogP contribution in [0, 0.1) is 0 Å². The molecule has 0 aliphatic rings. The maximum Gasteiger partial charge on any atom is 0.325 e. The molecule has 0 aliphatic heterocycles. The van der Waals surface area contributed by atoms with Gasteiger partial charge in [0.25, 0.3) is 0 Å². The van der Waals surface area contributed by atoms with Gasteiger partial charge in [-0.2, -0.15) is 0 Å². The fourth-order valence-corrected chi connectivity index (χ4v) is 1.66. The van der Waals surface area contributed by atoms with Crippen LogP contribution in [-0.2, 0) is 16.1 Å². The molecule has 0 bridgehead atoms. The van der Waals surface area contributed by atoms with Crippen molar-refractivity contribution in [1.82, 2.24) is 4.57 Å². The maximum absolute atomic E-state index is 11.1. The van der Waals surface area contributed by atoms with E-state index in [4.69, 9.17) is 11.6 Å². The summed E-state index contributed by atoms with van der Waals surface area (Å²) in [6, 6.07) is 7.52. The second-order valence-corrected chi connectivity index (χ2v) is 3.66. The molecular weight excluding hydrogens is 214 g/mol. The first-order chi connectivity index (χ1) is 7.20. The Bertz CT molecular complexity index is 504. The third kappa shape index (κ3) is 1.97. The first-order valence-electron chi connectivity index (χ1n) is 4.52. The molecule has 0 aliphatic carbocycles. The van der Waals surface area contributed by atoms with E-state index in [9.17, 15) is 4.79 Å². The standard InChI is InChI=1S/C11H10ClNO2/c1-15-11(14)7-13-5-4-8-2-3-9(12)6-10(8)13/h2-6H,7H2,1H3. The quantitative estimate of drug-likeness (QED) is 0.733. The normalized spacial score (nSPS) is 10.5. The van der Waals surface area contributed by atoms with E-state index in [2.05, 4.69) is 4.74 Å². The van der Waals surface area contributed by atoms with Gasteiger partial charge in [-0.05, 0) is 23.6 Å². The zero-order valence-corrected chi connectivity index (χ0v) is 8.99. The van der Waals surface area contributed by atoms with Gasteiger partial charge in [0, 0.05) is 11.2 Å². The van der Waals surface area contributed by atoms with Crippen LogP contribution in [0.4, 0.5) is 0 Å². The number of methoxy groups -OCH3 is 1. The molecule has 4 heteroatoms. The van der Waals surface area contributed by atoms with Crippen molar-refractivity contribution in [2.75, 3.05) is 7.11 Å². The van der Waals surface area contributed by atoms with Crippen molar-refractivity contribution < 1.29 is 9.53 Å². The molecule has 0 radical (unpaired) electrons. The van der Waals surface area contributed by atoms with Crippen molar-refractivity contribution in [2.45, 2.75) is 6.54 Å². The lowest BCUT2D eigenvalue weighted by Crippen LogP contribution is -2.10. The van der Waals surface area contributed by atoms with Gasteiger partial charge < -0.3 is 9.30 Å². The number of ether oxygens (including phenoxy) is 1. The number of rotatable bonds is 2. The monoisotopic (exact) mass is 223 g/mol. The largest absolute Gasteiger partial charge is 0.468 e. The minimum atomic E-state index is -0.271. The molecule has 0 fully saturated rings. The summed E-state index contributed by atoms with van der Waals surface area (Å²) < 4.78 is 6.42. The average Bonchev–Trinajstić information content (AvgIpc) is 2.61. The number of hydrogen-bond donors (Lipinski definition) is 0. The summed E-state index contributed by atoms with van der Waals surface area (Å²) in [7, 11) is 1.38. The number of carbonyl (C=O) groups is 1. The molecule has 0 spiro atoms. The minimum absolute atomic E-state index is 0.209. The van der Waals surface area contributed by atoms with Gasteiger partial charge >= 0.3 is 5.97 Å². The first kappa shape index (κ1) is 10.1. The van der Waals surface area contributed by atoms with E-state index in [1.165, 1.54) is 7.11 Å². The summed E-state index contributed by atoms with van der Waals surface area (Å²) in [5, 5.41) is 1.72. The lowest BCUT2D eigenvalue weighted by molar-refractivity contribution is -0.141. The molecule has 3 nitrogen and oxygen atoms in total. The van der Waals surface area contributed by atoms with Gasteiger partial charge in [-0.3, -0.25) is 4.79 Å². The molecule has 0 amide bonds. The Balaban J connectivity index is 2.43. The van der Waals surface area contributed by atoms with Crippen molar-refractivity contribution >= 4 is 28.5 Å². The Labute approximate surface area is 92.2 Å². The van der Waals surface area contributed by atoms with E-state index < -0.39 is 0 Å². The SMILES string of the molecule is COC(=O)Cn1ccc2ccc(Cl)cc21. The lowest BCUT2D eigenvalue weighted by atomic mass is 10.2. The second-order valence-electron chi connectivity index (χ2n) is 3.22. The van der Waals surface area contributed by atoms with Crippen LogP contribution in [0.3, 0.4) is 0 Å². The van der Waals surface area contributed by atoms with Crippen molar-refractivity contribution in [2.24, 2.45) is 0 Å². The highest BCUT2D eigenvalue weighted by molar-refractivity contribution is 6.31. The molecule has 0 saturated heterocycles. The number of aromatic nitrogens is 1. The van der Waals surface area contributed by atoms with E-state index in [1.54, 1.807) is 0 Å². The fraction of sp³-hybridized carbons (Fsp3) is 0.182. The number of esters is 1. The van der Waals surface area contributed by atoms with Crippen molar-refractivity contribution in [3.8, 4) is 0 Å². The van der Waals surface area contributed by atoms with E-state index >= 15 is 0 Å². The molecule has 1 aromatic heterocycles. The molecule has 0 N–H and O–H groups in total. The third-order valence-corrected chi connectivity index (χ3v) is 2.50. The van der Waals surface area contributed by atoms with Crippen LogP contribution in [-0.4, -0.2) is 17.6 Å². The Morgan fingerprint density at radius 3 is 3.00 bits per heavy atom. The van der Waals surface area contributed by atoms with Gasteiger partial charge in [-0.15, -0.1) is 0 Å². The van der Waals surface area contributed by atoms with Crippen molar-refractivity contribution in [1.29, 1.82) is 0 Å². The third-order valence-electron chi connectivity index (χ3n) is 2.26. The number of benzene rings is 1. The van der Waals surface area contributed by atoms with Crippen LogP contribution >= 0.6 is 11.6 Å². The second kappa shape index (κ2) is 3.95. The number of fused-ring (bicyclic) bond motifs is 1. The number of nitrogens with zero attached hydrogens (tertiary/aromatic N) is 1. The zero-order chi connectivity index (χ0) is 10.8. The van der Waals surface area contributed by atoms with E-state index in [0.717, 1.165) is 10.9 Å². The van der Waals surface area contributed by atoms with Gasteiger partial charge in [0.2, 0.25) is 0 Å². The summed E-state index contributed by atoms with van der Waals surface area (Å²) in [4.78, 5) is 11.1. The average molecular weight is 224 g/mol. The number of carbonyl (C=O) groups excluding carboxylic acids is 1. The van der Waals surface area contributed by atoms with E-state index in [0.29, 0.717) is 5.02 Å². The zero-order valence-electron chi connectivity index (χ0n) is 8.24. The molecule has 1 aromatic carbocycles. The number of hydrogen-bond acceptors (Lipinski definition) is 2. The summed E-state index contributed by atoms with van der Waals surface area (Å²) in [5.41, 5.74) is 0.938. The van der Waals surface area contributed by atoms with Crippen LogP contribution in [0.2, 0.25) is 5.02 Å². The highest BCUT2D eigenvalue weighted by Crippen LogP contribution is 2.20. The molecule has 0 unspecified atom stereocenters. The van der Waals surface area contributed by atoms with Crippen LogP contribution in [0.15, 0.2) is 30.5 Å². The summed E-state index contributed by atoms with van der Waals surface area (Å²) >= 11 is 5.89. The molecule has 1 heterocycles. The highest BCUT2D eigenvalue weighted by Gasteiger charge is 2.05. The Morgan fingerprint density at radius 2 is 2.27 bits per heavy atom. The molecule has 15 heavy (non-hydrogen) atoms. The highest BCUT2D eigenvalue weighted by atomic mass is 35.5. The molecule has 2 rings (SSSR count). The molecule has 0 saturated carbocycles. The van der Waals surface area contributed by atoms with Crippen LogP contribution in [0.5, 0.6) is 0 Å². The van der Waals surface area contributed by atoms with Gasteiger partial charge in [-0.1, -0.05) is 17.7 Å². The molecule has 2 aromatic rings. The first-order valence-corrected chi connectivity index (χ1v) is 4.90. The van der Waals surface area contributed by atoms with E-state index in [1.807, 2.05) is 35.0 Å². The van der Waals surface area contributed by atoms with Crippen LogP contribution < -0.4 is 0 Å². The molecule has 0 atom stereocenters. The predicted molar refractivity (Wildman–Crippen MR) is 59.0 cm³/mol. The van der Waals surface area contributed by atoms with Gasteiger partial charge in [-0.25, -0.2) is 0 Å². The van der Waals surface area contributed by atoms with Gasteiger partial charge in [0.1, 0.15) is 6.54 Å². The van der Waals surface area contributed by atoms with Crippen molar-refractivity contribution in [3.05, 3.63) is 35.5 Å². The summed E-state index contributed by atoms with van der Waals surface area (Å²) in [6.07, 6.45) is 1.85. The Kier molecular flexibility index (Phi) is 2.64. The van der Waals surface area contributed by atoms with Crippen LogP contribution in [0.25, 0.3) is 10.9 Å². The van der Waals surface area contributed by atoms with E-state index in [-0.39, 0.29) is 12.5 Å². The predicted octanol–water partition coefficient (Wildman–Crippen LogP) is 2.47. The van der Waals surface area contributed by atoms with Crippen LogP contribution in [0.1, 0.15) is 0 Å². The smallest absolute Gasteiger partial charge is 0.325 e.